The number of aliphatic carboxylic acids is 1. The van der Waals surface area contributed by atoms with E-state index in [-0.39, 0.29) is 12.6 Å². The highest BCUT2D eigenvalue weighted by Crippen LogP contribution is 2.33. The van der Waals surface area contributed by atoms with Crippen molar-refractivity contribution in [3.05, 3.63) is 22.6 Å². The Kier molecular flexibility index (Phi) is 3.89. The van der Waals surface area contributed by atoms with Crippen LogP contribution in [0.5, 0.6) is 0 Å². The second-order valence-electron chi connectivity index (χ2n) is 4.58. The Hall–Kier alpha value is -0.810. The van der Waals surface area contributed by atoms with Crippen LogP contribution in [-0.4, -0.2) is 29.1 Å². The average Bonchev–Trinajstić information content (AvgIpc) is 2.96. The van der Waals surface area contributed by atoms with Gasteiger partial charge in [0.1, 0.15) is 5.76 Å². The number of carboxylic acids is 1. The van der Waals surface area contributed by atoms with E-state index in [1.807, 2.05) is 24.0 Å². The number of nitrogens with zero attached hydrogens (tertiary/aromatic N) is 1. The number of carboxylic acid groups (broad SMARTS) is 1. The summed E-state index contributed by atoms with van der Waals surface area (Å²) in [6.07, 6.45) is 2.43. The maximum atomic E-state index is 10.9. The minimum atomic E-state index is -0.789. The highest BCUT2D eigenvalue weighted by molar-refractivity contribution is 9.10. The molecule has 2 rings (SSSR count). The maximum absolute atomic E-state index is 10.9. The fourth-order valence-electron chi connectivity index (χ4n) is 1.90. The van der Waals surface area contributed by atoms with E-state index in [1.165, 1.54) is 12.8 Å². The summed E-state index contributed by atoms with van der Waals surface area (Å²) >= 11 is 3.26. The molecule has 0 aromatic carbocycles. The molecule has 1 N–H and O–H groups in total. The Bertz CT molecular complexity index is 400. The van der Waals surface area contributed by atoms with Crippen molar-refractivity contribution in [1.82, 2.24) is 4.90 Å². The Morgan fingerprint density at radius 2 is 2.35 bits per heavy atom. The molecule has 17 heavy (non-hydrogen) atoms. The first-order valence-electron chi connectivity index (χ1n) is 5.77. The quantitative estimate of drug-likeness (QED) is 0.878. The van der Waals surface area contributed by atoms with Crippen molar-refractivity contribution in [2.75, 3.05) is 13.1 Å². The summed E-state index contributed by atoms with van der Waals surface area (Å²) in [5.74, 6) is 0.678. The van der Waals surface area contributed by atoms with Gasteiger partial charge >= 0.3 is 5.97 Å². The van der Waals surface area contributed by atoms with Gasteiger partial charge in [0, 0.05) is 6.54 Å². The van der Waals surface area contributed by atoms with Crippen molar-refractivity contribution in [3.63, 3.8) is 0 Å². The molecule has 0 amide bonds. The van der Waals surface area contributed by atoms with Gasteiger partial charge in [-0.25, -0.2) is 0 Å². The minimum absolute atomic E-state index is 0.00185. The zero-order chi connectivity index (χ0) is 12.4. The van der Waals surface area contributed by atoms with Crippen molar-refractivity contribution in [1.29, 1.82) is 0 Å². The van der Waals surface area contributed by atoms with Gasteiger partial charge in [-0.05, 0) is 53.7 Å². The van der Waals surface area contributed by atoms with Crippen LogP contribution >= 0.6 is 15.9 Å². The molecular weight excluding hydrogens is 286 g/mol. The van der Waals surface area contributed by atoms with E-state index in [0.717, 1.165) is 12.3 Å². The predicted molar refractivity (Wildman–Crippen MR) is 66.8 cm³/mol. The smallest absolute Gasteiger partial charge is 0.317 e. The molecule has 1 saturated carbocycles. The van der Waals surface area contributed by atoms with Crippen LogP contribution in [0.15, 0.2) is 21.2 Å². The second kappa shape index (κ2) is 5.23. The zero-order valence-electron chi connectivity index (χ0n) is 9.73. The van der Waals surface area contributed by atoms with Crippen molar-refractivity contribution in [3.8, 4) is 0 Å². The van der Waals surface area contributed by atoms with Gasteiger partial charge in [0.25, 0.3) is 0 Å². The molecule has 0 radical (unpaired) electrons. The normalized spacial score (nSPS) is 17.4. The molecule has 1 aromatic heterocycles. The molecule has 4 nitrogen and oxygen atoms in total. The zero-order valence-corrected chi connectivity index (χ0v) is 11.3. The Morgan fingerprint density at radius 3 is 2.82 bits per heavy atom. The number of hydrogen-bond donors (Lipinski definition) is 1. The van der Waals surface area contributed by atoms with Gasteiger partial charge in [0.2, 0.25) is 0 Å². The minimum Gasteiger partial charge on any atom is -0.480 e. The van der Waals surface area contributed by atoms with E-state index in [2.05, 4.69) is 15.9 Å². The highest BCUT2D eigenvalue weighted by atomic mass is 79.9. The molecule has 1 aliphatic carbocycles. The molecular formula is C12H16BrNO3. The summed E-state index contributed by atoms with van der Waals surface area (Å²) in [4.78, 5) is 12.8. The predicted octanol–water partition coefficient (Wildman–Crippen LogP) is 2.90. The number of rotatable bonds is 6. The lowest BCUT2D eigenvalue weighted by Gasteiger charge is -2.25. The molecule has 1 fully saturated rings. The first-order chi connectivity index (χ1) is 8.06. The molecule has 0 spiro atoms. The molecule has 1 aromatic rings. The van der Waals surface area contributed by atoms with Gasteiger partial charge < -0.3 is 9.52 Å². The third-order valence-electron chi connectivity index (χ3n) is 3.08. The molecule has 1 atom stereocenters. The largest absolute Gasteiger partial charge is 0.480 e. The van der Waals surface area contributed by atoms with Crippen LogP contribution < -0.4 is 0 Å². The highest BCUT2D eigenvalue weighted by Gasteiger charge is 2.29. The summed E-state index contributed by atoms with van der Waals surface area (Å²) in [6, 6.07) is 3.72. The molecule has 1 heterocycles. The lowest BCUT2D eigenvalue weighted by Crippen LogP contribution is -2.33. The van der Waals surface area contributed by atoms with Crippen LogP contribution in [0, 0.1) is 5.92 Å². The van der Waals surface area contributed by atoms with Gasteiger partial charge in [-0.15, -0.1) is 0 Å². The average molecular weight is 302 g/mol. The lowest BCUT2D eigenvalue weighted by molar-refractivity contribution is -0.139. The third-order valence-corrected chi connectivity index (χ3v) is 3.51. The van der Waals surface area contributed by atoms with Crippen LogP contribution in [-0.2, 0) is 4.79 Å². The summed E-state index contributed by atoms with van der Waals surface area (Å²) in [6.45, 7) is 2.89. The molecule has 94 valence electrons. The topological polar surface area (TPSA) is 53.7 Å². The molecule has 1 aliphatic rings. The molecule has 0 saturated heterocycles. The maximum Gasteiger partial charge on any atom is 0.317 e. The van der Waals surface area contributed by atoms with Crippen LogP contribution in [0.1, 0.15) is 31.6 Å². The summed E-state index contributed by atoms with van der Waals surface area (Å²) < 4.78 is 6.17. The van der Waals surface area contributed by atoms with Gasteiger partial charge in [-0.1, -0.05) is 0 Å². The van der Waals surface area contributed by atoms with Crippen molar-refractivity contribution in [2.24, 2.45) is 5.92 Å². The second-order valence-corrected chi connectivity index (χ2v) is 5.37. The van der Waals surface area contributed by atoms with E-state index >= 15 is 0 Å². The van der Waals surface area contributed by atoms with Crippen LogP contribution in [0.2, 0.25) is 0 Å². The SMILES string of the molecule is CC(c1ccc(Br)o1)N(CC(=O)O)CC1CC1. The molecule has 0 aliphatic heterocycles. The number of carbonyl (C=O) groups is 1. The van der Waals surface area contributed by atoms with Crippen molar-refractivity contribution in [2.45, 2.75) is 25.8 Å². The van der Waals surface area contributed by atoms with Gasteiger partial charge in [0.15, 0.2) is 4.67 Å². The van der Waals surface area contributed by atoms with E-state index in [0.29, 0.717) is 10.6 Å². The first-order valence-corrected chi connectivity index (χ1v) is 6.56. The fraction of sp³-hybridized carbons (Fsp3) is 0.583. The standard InChI is InChI=1S/C12H16BrNO3/c1-8(10-4-5-11(13)17-10)14(7-12(15)16)6-9-2-3-9/h4-5,8-9H,2-3,6-7H2,1H3,(H,15,16). The van der Waals surface area contributed by atoms with Crippen LogP contribution in [0.4, 0.5) is 0 Å². The Morgan fingerprint density at radius 1 is 1.65 bits per heavy atom. The number of halogens is 1. The van der Waals surface area contributed by atoms with E-state index < -0.39 is 5.97 Å². The molecule has 5 heteroatoms. The molecule has 1 unspecified atom stereocenters. The number of hydrogen-bond acceptors (Lipinski definition) is 3. The van der Waals surface area contributed by atoms with Crippen LogP contribution in [0.3, 0.4) is 0 Å². The summed E-state index contributed by atoms with van der Waals surface area (Å²) in [5.41, 5.74) is 0. The summed E-state index contributed by atoms with van der Waals surface area (Å²) in [7, 11) is 0. The Labute approximate surface area is 109 Å². The third kappa shape index (κ3) is 3.57. The van der Waals surface area contributed by atoms with Gasteiger partial charge in [-0.3, -0.25) is 9.69 Å². The monoisotopic (exact) mass is 301 g/mol. The van der Waals surface area contributed by atoms with E-state index in [1.54, 1.807) is 0 Å². The van der Waals surface area contributed by atoms with Gasteiger partial charge in [0.05, 0.1) is 12.6 Å². The molecule has 0 bridgehead atoms. The Balaban J connectivity index is 2.04. The first kappa shape index (κ1) is 12.6. The van der Waals surface area contributed by atoms with E-state index in [4.69, 9.17) is 9.52 Å². The van der Waals surface area contributed by atoms with Crippen molar-refractivity contribution >= 4 is 21.9 Å². The van der Waals surface area contributed by atoms with Gasteiger partial charge in [-0.2, -0.15) is 0 Å². The van der Waals surface area contributed by atoms with Crippen molar-refractivity contribution < 1.29 is 14.3 Å². The number of furan rings is 1. The lowest BCUT2D eigenvalue weighted by atomic mass is 10.2. The van der Waals surface area contributed by atoms with Crippen LogP contribution in [0.25, 0.3) is 0 Å². The fourth-order valence-corrected chi connectivity index (χ4v) is 2.22. The summed E-state index contributed by atoms with van der Waals surface area (Å²) in [5, 5.41) is 8.94. The van der Waals surface area contributed by atoms with E-state index in [9.17, 15) is 4.79 Å².